The number of nitrogens with one attached hydrogen (secondary N) is 1. The zero-order chi connectivity index (χ0) is 19.2. The van der Waals surface area contributed by atoms with Gasteiger partial charge in [0.2, 0.25) is 0 Å². The van der Waals surface area contributed by atoms with E-state index in [2.05, 4.69) is 49.3 Å². The van der Waals surface area contributed by atoms with E-state index in [-0.39, 0.29) is 12.1 Å². The summed E-state index contributed by atoms with van der Waals surface area (Å²) >= 11 is 7.30. The van der Waals surface area contributed by atoms with Crippen molar-refractivity contribution in [3.05, 3.63) is 92.9 Å². The smallest absolute Gasteiger partial charge is 0.119 e. The predicted molar refractivity (Wildman–Crippen MR) is 119 cm³/mol. The van der Waals surface area contributed by atoms with E-state index in [0.29, 0.717) is 0 Å². The number of nitrogens with two attached hydrogens (primary N) is 1. The van der Waals surface area contributed by atoms with Crippen LogP contribution in [0.25, 0.3) is 0 Å². The van der Waals surface area contributed by atoms with Crippen LogP contribution in [0.5, 0.6) is 5.75 Å². The summed E-state index contributed by atoms with van der Waals surface area (Å²) in [6.45, 7) is 0. The van der Waals surface area contributed by atoms with Crippen molar-refractivity contribution in [2.45, 2.75) is 18.5 Å². The number of methoxy groups -OCH3 is 1. The molecule has 3 rings (SSSR count). The molecule has 3 nitrogen and oxygen atoms in total. The highest BCUT2D eigenvalue weighted by molar-refractivity contribution is 9.10. The van der Waals surface area contributed by atoms with Gasteiger partial charge in [-0.15, -0.1) is 0 Å². The number of ether oxygens (including phenoxy) is 1. The predicted octanol–water partition coefficient (Wildman–Crippen LogP) is 5.94. The highest BCUT2D eigenvalue weighted by Gasteiger charge is 2.23. The van der Waals surface area contributed by atoms with Gasteiger partial charge in [0.25, 0.3) is 0 Å². The number of halogens is 2. The Morgan fingerprint density at radius 3 is 2.15 bits per heavy atom. The number of anilines is 1. The summed E-state index contributed by atoms with van der Waals surface area (Å²) in [5.74, 6) is 0.829. The largest absolute Gasteiger partial charge is 0.497 e. The van der Waals surface area contributed by atoms with E-state index >= 15 is 0 Å². The van der Waals surface area contributed by atoms with Crippen LogP contribution < -0.4 is 15.8 Å². The van der Waals surface area contributed by atoms with Gasteiger partial charge in [0.15, 0.2) is 0 Å². The van der Waals surface area contributed by atoms with E-state index in [1.165, 1.54) is 5.56 Å². The van der Waals surface area contributed by atoms with Crippen molar-refractivity contribution in [1.82, 2.24) is 0 Å². The maximum Gasteiger partial charge on any atom is 0.119 e. The highest BCUT2D eigenvalue weighted by Crippen LogP contribution is 2.31. The molecule has 27 heavy (non-hydrogen) atoms. The van der Waals surface area contributed by atoms with Crippen molar-refractivity contribution >= 4 is 37.5 Å². The second kappa shape index (κ2) is 9.40. The standard InChI is InChI=1S/C22H22Br2N2O/c1-27-17-12-10-16(11-13-17)26-22(18-7-3-5-9-20(18)24)21(25)14-15-6-2-4-8-19(15)23/h2-13,21-22,26H,14,25H2,1H3/t21-,22+/m0/s1. The first kappa shape index (κ1) is 19.9. The van der Waals surface area contributed by atoms with Crippen LogP contribution >= 0.6 is 31.9 Å². The summed E-state index contributed by atoms with van der Waals surface area (Å²) in [5.41, 5.74) is 10.0. The molecule has 0 aromatic heterocycles. The number of benzene rings is 3. The molecule has 5 heteroatoms. The zero-order valence-electron chi connectivity index (χ0n) is 15.0. The Kier molecular flexibility index (Phi) is 6.94. The van der Waals surface area contributed by atoms with Crippen LogP contribution in [-0.2, 0) is 6.42 Å². The summed E-state index contributed by atoms with van der Waals surface area (Å²) in [7, 11) is 1.67. The van der Waals surface area contributed by atoms with E-state index in [1.807, 2.05) is 60.7 Å². The Morgan fingerprint density at radius 2 is 1.52 bits per heavy atom. The SMILES string of the molecule is COc1ccc(N[C@H](c2ccccc2Br)[C@@H](N)Cc2ccccc2Br)cc1. The van der Waals surface area contributed by atoms with Crippen LogP contribution in [0.3, 0.4) is 0 Å². The van der Waals surface area contributed by atoms with Crippen LogP contribution in [-0.4, -0.2) is 13.2 Å². The van der Waals surface area contributed by atoms with Crippen molar-refractivity contribution in [3.8, 4) is 5.75 Å². The van der Waals surface area contributed by atoms with Gasteiger partial charge in [-0.05, 0) is 53.9 Å². The van der Waals surface area contributed by atoms with Crippen LogP contribution in [0.2, 0.25) is 0 Å². The summed E-state index contributed by atoms with van der Waals surface area (Å²) in [5, 5.41) is 3.60. The molecule has 0 amide bonds. The highest BCUT2D eigenvalue weighted by atomic mass is 79.9. The minimum Gasteiger partial charge on any atom is -0.497 e. The van der Waals surface area contributed by atoms with Gasteiger partial charge in [0.1, 0.15) is 5.75 Å². The lowest BCUT2D eigenvalue weighted by Crippen LogP contribution is -2.35. The third kappa shape index (κ3) is 5.12. The monoisotopic (exact) mass is 488 g/mol. The Hall–Kier alpha value is -1.82. The molecule has 0 radical (unpaired) electrons. The second-order valence-corrected chi connectivity index (χ2v) is 8.04. The Bertz CT molecular complexity index is 883. The first-order valence-corrected chi connectivity index (χ1v) is 10.3. The lowest BCUT2D eigenvalue weighted by Gasteiger charge is -2.28. The van der Waals surface area contributed by atoms with Gasteiger partial charge in [0.05, 0.1) is 13.2 Å². The number of hydrogen-bond acceptors (Lipinski definition) is 3. The summed E-state index contributed by atoms with van der Waals surface area (Å²) in [6, 6.07) is 24.1. The number of rotatable bonds is 7. The van der Waals surface area contributed by atoms with E-state index in [1.54, 1.807) is 7.11 Å². The molecule has 0 saturated carbocycles. The maximum atomic E-state index is 6.69. The molecule has 0 spiro atoms. The lowest BCUT2D eigenvalue weighted by atomic mass is 9.94. The third-order valence-electron chi connectivity index (χ3n) is 4.49. The van der Waals surface area contributed by atoms with Crippen LogP contribution in [0.4, 0.5) is 5.69 Å². The Morgan fingerprint density at radius 1 is 0.889 bits per heavy atom. The molecule has 0 heterocycles. The molecular formula is C22H22Br2N2O. The Balaban J connectivity index is 1.89. The normalized spacial score (nSPS) is 13.0. The molecule has 3 N–H and O–H groups in total. The maximum absolute atomic E-state index is 6.69. The van der Waals surface area contributed by atoms with Gasteiger partial charge in [-0.2, -0.15) is 0 Å². The molecule has 2 atom stereocenters. The first-order valence-electron chi connectivity index (χ1n) is 8.72. The van der Waals surface area contributed by atoms with Gasteiger partial charge >= 0.3 is 0 Å². The molecule has 0 unspecified atom stereocenters. The van der Waals surface area contributed by atoms with Gasteiger partial charge in [0, 0.05) is 20.7 Å². The molecule has 0 aliphatic rings. The average molecular weight is 490 g/mol. The van der Waals surface area contributed by atoms with Gasteiger partial charge in [-0.25, -0.2) is 0 Å². The fraction of sp³-hybridized carbons (Fsp3) is 0.182. The first-order chi connectivity index (χ1) is 13.1. The molecule has 3 aromatic rings. The molecule has 3 aromatic carbocycles. The molecule has 0 bridgehead atoms. The summed E-state index contributed by atoms with van der Waals surface area (Å²) in [4.78, 5) is 0. The fourth-order valence-electron chi connectivity index (χ4n) is 3.05. The van der Waals surface area contributed by atoms with Crippen LogP contribution in [0.1, 0.15) is 17.2 Å². The van der Waals surface area contributed by atoms with Gasteiger partial charge in [-0.1, -0.05) is 68.3 Å². The van der Waals surface area contributed by atoms with Crippen molar-refractivity contribution in [3.63, 3.8) is 0 Å². The summed E-state index contributed by atoms with van der Waals surface area (Å²) < 4.78 is 7.37. The molecular weight excluding hydrogens is 468 g/mol. The van der Waals surface area contributed by atoms with E-state index in [4.69, 9.17) is 10.5 Å². The van der Waals surface area contributed by atoms with Crippen LogP contribution in [0, 0.1) is 0 Å². The molecule has 140 valence electrons. The van der Waals surface area contributed by atoms with Crippen LogP contribution in [0.15, 0.2) is 81.7 Å². The van der Waals surface area contributed by atoms with Crippen molar-refractivity contribution in [1.29, 1.82) is 0 Å². The molecule has 0 aliphatic heterocycles. The molecule has 0 fully saturated rings. The lowest BCUT2D eigenvalue weighted by molar-refractivity contribution is 0.415. The minimum atomic E-state index is -0.121. The summed E-state index contributed by atoms with van der Waals surface area (Å²) in [6.07, 6.45) is 0.747. The Labute approximate surface area is 177 Å². The van der Waals surface area contributed by atoms with E-state index < -0.39 is 0 Å². The minimum absolute atomic E-state index is 0.0546. The van der Waals surface area contributed by atoms with Crippen molar-refractivity contribution < 1.29 is 4.74 Å². The van der Waals surface area contributed by atoms with E-state index in [0.717, 1.165) is 32.4 Å². The number of hydrogen-bond donors (Lipinski definition) is 2. The molecule has 0 saturated heterocycles. The average Bonchev–Trinajstić information content (AvgIpc) is 2.69. The quantitative estimate of drug-likeness (QED) is 0.431. The van der Waals surface area contributed by atoms with Gasteiger partial charge < -0.3 is 15.8 Å². The van der Waals surface area contributed by atoms with Gasteiger partial charge in [-0.3, -0.25) is 0 Å². The van der Waals surface area contributed by atoms with Crippen molar-refractivity contribution in [2.75, 3.05) is 12.4 Å². The van der Waals surface area contributed by atoms with Crippen molar-refractivity contribution in [2.24, 2.45) is 5.73 Å². The molecule has 0 aliphatic carbocycles. The topological polar surface area (TPSA) is 47.3 Å². The third-order valence-corrected chi connectivity index (χ3v) is 5.99. The fourth-order valence-corrected chi connectivity index (χ4v) is 4.02. The zero-order valence-corrected chi connectivity index (χ0v) is 18.2. The second-order valence-electron chi connectivity index (χ2n) is 6.33. The van der Waals surface area contributed by atoms with E-state index in [9.17, 15) is 0 Å².